The molecule has 2 aromatic heterocycles. The van der Waals surface area contributed by atoms with Gasteiger partial charge in [-0.25, -0.2) is 9.97 Å². The number of thiazole rings is 1. The number of nitrogens with two attached hydrogens (primary N) is 1. The lowest BCUT2D eigenvalue weighted by Crippen LogP contribution is -2.17. The summed E-state index contributed by atoms with van der Waals surface area (Å²) >= 11 is 1.45. The Morgan fingerprint density at radius 1 is 1.21 bits per heavy atom. The first kappa shape index (κ1) is 25.4. The maximum atomic E-state index is 12.9. The lowest BCUT2D eigenvalue weighted by molar-refractivity contribution is -0.143. The van der Waals surface area contributed by atoms with Gasteiger partial charge in [0.1, 0.15) is 17.5 Å². The van der Waals surface area contributed by atoms with E-state index in [4.69, 9.17) is 15.2 Å². The molecule has 0 bridgehead atoms. The molecule has 0 aliphatic heterocycles. The summed E-state index contributed by atoms with van der Waals surface area (Å²) in [4.78, 5) is 26.9. The summed E-state index contributed by atoms with van der Waals surface area (Å²) in [6.07, 6.45) is 2.68. The second kappa shape index (κ2) is 11.8. The molecule has 9 heteroatoms. The number of nitrogens with zero attached hydrogens (tertiary/aromatic N) is 3. The number of anilines is 2. The molecule has 1 unspecified atom stereocenters. The Balaban J connectivity index is 1.98. The molecule has 0 amide bonds. The number of methoxy groups -OCH3 is 1. The molecule has 0 fully saturated rings. The number of carbonyl (C=O) groups is 1. The molecule has 0 aliphatic carbocycles. The molecule has 0 spiro atoms. The zero-order valence-electron chi connectivity index (χ0n) is 20.5. The topological polar surface area (TPSA) is 112 Å². The van der Waals surface area contributed by atoms with E-state index in [1.165, 1.54) is 11.3 Å². The Morgan fingerprint density at radius 2 is 2.00 bits per heavy atom. The summed E-state index contributed by atoms with van der Waals surface area (Å²) in [5.74, 6) is 0.830. The van der Waals surface area contributed by atoms with E-state index in [1.807, 2.05) is 32.0 Å². The molecule has 182 valence electrons. The fourth-order valence-corrected chi connectivity index (χ4v) is 4.76. The predicted molar refractivity (Wildman–Crippen MR) is 136 cm³/mol. The van der Waals surface area contributed by atoms with Crippen LogP contribution in [0.15, 0.2) is 23.7 Å². The average Bonchev–Trinajstić information content (AvgIpc) is 3.22. The van der Waals surface area contributed by atoms with Crippen molar-refractivity contribution in [3.63, 3.8) is 0 Å². The van der Waals surface area contributed by atoms with Gasteiger partial charge in [0.2, 0.25) is 5.95 Å². The highest BCUT2D eigenvalue weighted by Gasteiger charge is 2.28. The number of esters is 1. The van der Waals surface area contributed by atoms with Crippen LogP contribution in [-0.2, 0) is 16.0 Å². The van der Waals surface area contributed by atoms with Crippen molar-refractivity contribution in [3.8, 4) is 5.75 Å². The van der Waals surface area contributed by atoms with Gasteiger partial charge in [-0.2, -0.15) is 4.98 Å². The predicted octanol–water partition coefficient (Wildman–Crippen LogP) is 4.64. The maximum absolute atomic E-state index is 12.9. The van der Waals surface area contributed by atoms with Gasteiger partial charge < -0.3 is 20.5 Å². The monoisotopic (exact) mass is 483 g/mol. The first-order chi connectivity index (χ1) is 16.4. The van der Waals surface area contributed by atoms with Gasteiger partial charge >= 0.3 is 5.97 Å². The van der Waals surface area contributed by atoms with Crippen LogP contribution < -0.4 is 15.8 Å². The van der Waals surface area contributed by atoms with E-state index in [9.17, 15) is 4.79 Å². The molecular formula is C25H33N5O3S. The quantitative estimate of drug-likeness (QED) is 0.300. The number of aromatic nitrogens is 3. The van der Waals surface area contributed by atoms with E-state index < -0.39 is 5.92 Å². The number of benzene rings is 1. The number of hydrogen-bond acceptors (Lipinski definition) is 9. The highest BCUT2D eigenvalue weighted by Crippen LogP contribution is 2.35. The van der Waals surface area contributed by atoms with Crippen LogP contribution in [0.2, 0.25) is 0 Å². The summed E-state index contributed by atoms with van der Waals surface area (Å²) in [6.45, 7) is 8.91. The van der Waals surface area contributed by atoms with E-state index in [0.717, 1.165) is 58.2 Å². The Bertz CT molecular complexity index is 1130. The average molecular weight is 484 g/mol. The van der Waals surface area contributed by atoms with Crippen LogP contribution >= 0.6 is 11.3 Å². The molecule has 34 heavy (non-hydrogen) atoms. The van der Waals surface area contributed by atoms with Crippen LogP contribution in [0.3, 0.4) is 0 Å². The molecule has 0 radical (unpaired) electrons. The normalized spacial score (nSPS) is 11.8. The molecule has 8 nitrogen and oxygen atoms in total. The van der Waals surface area contributed by atoms with Gasteiger partial charge in [-0.15, -0.1) is 11.3 Å². The van der Waals surface area contributed by atoms with Gasteiger partial charge in [-0.3, -0.25) is 4.79 Å². The zero-order chi connectivity index (χ0) is 24.7. The molecule has 0 saturated heterocycles. The van der Waals surface area contributed by atoms with Crippen LogP contribution in [0, 0.1) is 13.8 Å². The summed E-state index contributed by atoms with van der Waals surface area (Å²) < 4.78 is 11.1. The van der Waals surface area contributed by atoms with E-state index in [2.05, 4.69) is 27.2 Å². The van der Waals surface area contributed by atoms with Crippen molar-refractivity contribution in [3.05, 3.63) is 56.7 Å². The molecule has 0 saturated carbocycles. The van der Waals surface area contributed by atoms with E-state index >= 15 is 0 Å². The van der Waals surface area contributed by atoms with Gasteiger partial charge in [0, 0.05) is 29.1 Å². The fraction of sp³-hybridized carbons (Fsp3) is 0.440. The van der Waals surface area contributed by atoms with Crippen molar-refractivity contribution in [1.82, 2.24) is 15.0 Å². The Kier molecular flexibility index (Phi) is 8.81. The second-order valence-electron chi connectivity index (χ2n) is 8.01. The molecule has 1 atom stereocenters. The molecular weight excluding hydrogens is 450 g/mol. The number of nitrogen functional groups attached to an aromatic ring is 1. The Labute approximate surface area is 205 Å². The highest BCUT2D eigenvalue weighted by atomic mass is 32.1. The smallest absolute Gasteiger partial charge is 0.318 e. The minimum absolute atomic E-state index is 0.250. The number of carbonyl (C=O) groups excluding carboxylic acids is 1. The number of unbranched alkanes of at least 4 members (excludes halogenated alkanes) is 1. The number of hydrogen-bond donors (Lipinski definition) is 2. The molecule has 3 N–H and O–H groups in total. The van der Waals surface area contributed by atoms with Crippen LogP contribution in [0.1, 0.15) is 65.6 Å². The Morgan fingerprint density at radius 3 is 2.65 bits per heavy atom. The second-order valence-corrected chi connectivity index (χ2v) is 8.90. The van der Waals surface area contributed by atoms with Gasteiger partial charge in [0.15, 0.2) is 0 Å². The minimum atomic E-state index is -0.553. The molecule has 3 aromatic rings. The first-order valence-corrected chi connectivity index (χ1v) is 12.4. The molecule has 3 rings (SSSR count). The summed E-state index contributed by atoms with van der Waals surface area (Å²) in [5.41, 5.74) is 12.0. The van der Waals surface area contributed by atoms with Crippen molar-refractivity contribution in [1.29, 1.82) is 0 Å². The number of ether oxygens (including phenoxy) is 2. The van der Waals surface area contributed by atoms with Crippen molar-refractivity contribution in [2.75, 3.05) is 31.3 Å². The van der Waals surface area contributed by atoms with Gasteiger partial charge in [-0.1, -0.05) is 25.5 Å². The highest BCUT2D eigenvalue weighted by molar-refractivity contribution is 7.10. The maximum Gasteiger partial charge on any atom is 0.318 e. The van der Waals surface area contributed by atoms with Crippen LogP contribution in [0.4, 0.5) is 11.8 Å². The summed E-state index contributed by atoms with van der Waals surface area (Å²) in [6, 6.07) is 5.85. The molecule has 1 aromatic carbocycles. The van der Waals surface area contributed by atoms with Crippen molar-refractivity contribution in [2.45, 2.75) is 52.9 Å². The molecule has 2 heterocycles. The van der Waals surface area contributed by atoms with E-state index in [0.29, 0.717) is 18.8 Å². The standard InChI is InChI=1S/C25H33N5O3S/c1-6-8-11-27-23-19(15(3)29-25(26)30-23)12-17-9-10-18(13-20(17)32-5)21(24(31)33-7-2)22-16(4)28-14-34-22/h9-10,13-14,21H,6-8,11-12H2,1-5H3,(H3,26,27,29,30). The third-order valence-electron chi connectivity index (χ3n) is 5.63. The summed E-state index contributed by atoms with van der Waals surface area (Å²) in [7, 11) is 1.63. The molecule has 0 aliphatic rings. The summed E-state index contributed by atoms with van der Waals surface area (Å²) in [5, 5.41) is 3.40. The van der Waals surface area contributed by atoms with Gasteiger partial charge in [0.05, 0.1) is 24.9 Å². The lowest BCUT2D eigenvalue weighted by atomic mass is 9.93. The third-order valence-corrected chi connectivity index (χ3v) is 6.63. The van der Waals surface area contributed by atoms with Crippen molar-refractivity contribution >= 4 is 29.1 Å². The van der Waals surface area contributed by atoms with Crippen molar-refractivity contribution in [2.24, 2.45) is 0 Å². The van der Waals surface area contributed by atoms with E-state index in [-0.39, 0.29) is 11.9 Å². The fourth-order valence-electron chi connectivity index (χ4n) is 3.84. The van der Waals surface area contributed by atoms with Crippen LogP contribution in [-0.4, -0.2) is 41.2 Å². The lowest BCUT2D eigenvalue weighted by Gasteiger charge is -2.19. The number of nitrogens with one attached hydrogen (secondary N) is 1. The van der Waals surface area contributed by atoms with Crippen LogP contribution in [0.5, 0.6) is 5.75 Å². The SMILES string of the molecule is CCCCNc1nc(N)nc(C)c1Cc1ccc(C(C(=O)OCC)c2scnc2C)cc1OC. The largest absolute Gasteiger partial charge is 0.496 e. The minimum Gasteiger partial charge on any atom is -0.496 e. The Hall–Kier alpha value is -3.20. The first-order valence-electron chi connectivity index (χ1n) is 11.5. The van der Waals surface area contributed by atoms with Crippen molar-refractivity contribution < 1.29 is 14.3 Å². The number of aryl methyl sites for hydroxylation is 2. The van der Waals surface area contributed by atoms with E-state index in [1.54, 1.807) is 19.5 Å². The van der Waals surface area contributed by atoms with Crippen LogP contribution in [0.25, 0.3) is 0 Å². The zero-order valence-corrected chi connectivity index (χ0v) is 21.3. The number of rotatable bonds is 11. The van der Waals surface area contributed by atoms with Gasteiger partial charge in [-0.05, 0) is 44.4 Å². The third kappa shape index (κ3) is 5.83. The van der Waals surface area contributed by atoms with Gasteiger partial charge in [0.25, 0.3) is 0 Å².